The van der Waals surface area contributed by atoms with Gasteiger partial charge in [-0.05, 0) is 60.6 Å². The third-order valence-corrected chi connectivity index (χ3v) is 6.87. The fourth-order valence-corrected chi connectivity index (χ4v) is 4.58. The maximum Gasteiger partial charge on any atom is 0.337 e. The number of nitrogens with zero attached hydrogens (tertiary/aromatic N) is 1. The van der Waals surface area contributed by atoms with E-state index in [-0.39, 0.29) is 16.1 Å². The van der Waals surface area contributed by atoms with Crippen molar-refractivity contribution in [2.45, 2.75) is 44.4 Å². The number of hydrogen-bond donors (Lipinski definition) is 2. The lowest BCUT2D eigenvalue weighted by atomic mass is 9.98. The molecule has 2 aromatic rings. The van der Waals surface area contributed by atoms with Crippen LogP contribution in [0.4, 0.5) is 11.4 Å². The number of piperidine rings is 1. The summed E-state index contributed by atoms with van der Waals surface area (Å²) in [5.41, 5.74) is 1.86. The van der Waals surface area contributed by atoms with Gasteiger partial charge in [0.15, 0.2) is 0 Å². The van der Waals surface area contributed by atoms with Crippen molar-refractivity contribution < 1.29 is 18.3 Å². The molecule has 0 unspecified atom stereocenters. The minimum absolute atomic E-state index is 0.0523. The highest BCUT2D eigenvalue weighted by Crippen LogP contribution is 2.29. The molecule has 3 rings (SSSR count). The molecule has 2 aromatic carbocycles. The van der Waals surface area contributed by atoms with Crippen LogP contribution in [0.2, 0.25) is 0 Å². The maximum absolute atomic E-state index is 12.8. The molecule has 6 nitrogen and oxygen atoms in total. The molecule has 1 saturated heterocycles. The quantitative estimate of drug-likeness (QED) is 0.722. The molecule has 0 atom stereocenters. The molecule has 7 heteroatoms. The van der Waals surface area contributed by atoms with Crippen molar-refractivity contribution in [3.05, 3.63) is 53.6 Å². The van der Waals surface area contributed by atoms with Crippen LogP contribution in [0, 0.1) is 5.92 Å². The van der Waals surface area contributed by atoms with E-state index in [1.54, 1.807) is 36.4 Å². The summed E-state index contributed by atoms with van der Waals surface area (Å²) in [6.45, 7) is 8.02. The maximum atomic E-state index is 12.8. The van der Waals surface area contributed by atoms with E-state index in [1.165, 1.54) is 6.07 Å². The monoisotopic (exact) mass is 416 g/mol. The molecule has 0 spiro atoms. The standard InChI is InChI=1S/C22H28N2O4S/c1-15(2)17-4-7-19(8-5-17)29(27,28)23-21-9-6-18(14-20(21)22(25)26)24-12-10-16(3)11-13-24/h4-9,14-16,23H,10-13H2,1-3H3,(H,25,26). The molecule has 1 heterocycles. The van der Waals surface area contributed by atoms with Crippen LogP contribution >= 0.6 is 0 Å². The minimum atomic E-state index is -3.88. The molecule has 0 radical (unpaired) electrons. The number of carboxylic acid groups (broad SMARTS) is 1. The Morgan fingerprint density at radius 3 is 2.28 bits per heavy atom. The lowest BCUT2D eigenvalue weighted by Crippen LogP contribution is -2.32. The summed E-state index contributed by atoms with van der Waals surface area (Å²) >= 11 is 0. The van der Waals surface area contributed by atoms with Crippen LogP contribution in [0.3, 0.4) is 0 Å². The summed E-state index contributed by atoms with van der Waals surface area (Å²) in [5, 5.41) is 9.64. The Morgan fingerprint density at radius 2 is 1.72 bits per heavy atom. The first-order chi connectivity index (χ1) is 13.7. The molecule has 156 valence electrons. The van der Waals surface area contributed by atoms with Crippen molar-refractivity contribution in [1.82, 2.24) is 0 Å². The summed E-state index contributed by atoms with van der Waals surface area (Å²) in [6, 6.07) is 11.5. The fourth-order valence-electron chi connectivity index (χ4n) is 3.50. The van der Waals surface area contributed by atoms with E-state index in [9.17, 15) is 18.3 Å². The lowest BCUT2D eigenvalue weighted by Gasteiger charge is -2.32. The first-order valence-corrected chi connectivity index (χ1v) is 11.4. The average molecular weight is 417 g/mol. The largest absolute Gasteiger partial charge is 0.478 e. The van der Waals surface area contributed by atoms with E-state index < -0.39 is 16.0 Å². The Labute approximate surface area is 172 Å². The van der Waals surface area contributed by atoms with Crippen molar-refractivity contribution in [3.8, 4) is 0 Å². The molecule has 2 N–H and O–H groups in total. The molecule has 0 aromatic heterocycles. The number of rotatable bonds is 6. The van der Waals surface area contributed by atoms with Crippen molar-refractivity contribution in [3.63, 3.8) is 0 Å². The SMILES string of the molecule is CC1CCN(c2ccc(NS(=O)(=O)c3ccc(C(C)C)cc3)c(C(=O)O)c2)CC1. The number of sulfonamides is 1. The van der Waals surface area contributed by atoms with Gasteiger partial charge in [-0.3, -0.25) is 4.72 Å². The van der Waals surface area contributed by atoms with Gasteiger partial charge in [0, 0.05) is 18.8 Å². The van der Waals surface area contributed by atoms with Crippen molar-refractivity contribution in [2.24, 2.45) is 5.92 Å². The molecular weight excluding hydrogens is 388 g/mol. The first kappa shape index (κ1) is 21.2. The van der Waals surface area contributed by atoms with Gasteiger partial charge in [-0.1, -0.05) is 32.9 Å². The molecular formula is C22H28N2O4S. The van der Waals surface area contributed by atoms with E-state index in [2.05, 4.69) is 16.5 Å². The Balaban J connectivity index is 1.86. The summed E-state index contributed by atoms with van der Waals surface area (Å²) < 4.78 is 28.0. The van der Waals surface area contributed by atoms with Crippen LogP contribution in [0.25, 0.3) is 0 Å². The number of carbonyl (C=O) groups is 1. The van der Waals surface area contributed by atoms with Gasteiger partial charge in [-0.25, -0.2) is 13.2 Å². The molecule has 1 aliphatic rings. The number of hydrogen-bond acceptors (Lipinski definition) is 4. The smallest absolute Gasteiger partial charge is 0.337 e. The van der Waals surface area contributed by atoms with Crippen LogP contribution in [-0.4, -0.2) is 32.6 Å². The molecule has 29 heavy (non-hydrogen) atoms. The molecule has 1 fully saturated rings. The minimum Gasteiger partial charge on any atom is -0.478 e. The van der Waals surface area contributed by atoms with Crippen molar-refractivity contribution >= 4 is 27.4 Å². The average Bonchev–Trinajstić information content (AvgIpc) is 2.68. The van der Waals surface area contributed by atoms with E-state index in [4.69, 9.17) is 0 Å². The van der Waals surface area contributed by atoms with E-state index in [1.807, 2.05) is 13.8 Å². The van der Waals surface area contributed by atoms with Crippen LogP contribution < -0.4 is 9.62 Å². The van der Waals surface area contributed by atoms with Gasteiger partial charge in [0.25, 0.3) is 10.0 Å². The lowest BCUT2D eigenvalue weighted by molar-refractivity contribution is 0.0698. The molecule has 0 aliphatic carbocycles. The molecule has 0 saturated carbocycles. The van der Waals surface area contributed by atoms with Gasteiger partial charge < -0.3 is 10.0 Å². The highest BCUT2D eigenvalue weighted by Gasteiger charge is 2.22. The van der Waals surface area contributed by atoms with Gasteiger partial charge in [0.05, 0.1) is 16.1 Å². The Bertz CT molecular complexity index is 976. The van der Waals surface area contributed by atoms with Crippen molar-refractivity contribution in [2.75, 3.05) is 22.7 Å². The number of carboxylic acids is 1. The molecule has 0 bridgehead atoms. The first-order valence-electron chi connectivity index (χ1n) is 9.92. The van der Waals surface area contributed by atoms with Crippen LogP contribution in [0.1, 0.15) is 55.5 Å². The zero-order valence-corrected chi connectivity index (χ0v) is 17.9. The molecule has 0 amide bonds. The highest BCUT2D eigenvalue weighted by atomic mass is 32.2. The Hall–Kier alpha value is -2.54. The van der Waals surface area contributed by atoms with Gasteiger partial charge in [0.2, 0.25) is 0 Å². The highest BCUT2D eigenvalue weighted by molar-refractivity contribution is 7.92. The normalized spacial score (nSPS) is 15.5. The second-order valence-electron chi connectivity index (χ2n) is 8.03. The number of benzene rings is 2. The van der Waals surface area contributed by atoms with E-state index in [0.717, 1.165) is 37.2 Å². The third-order valence-electron chi connectivity index (χ3n) is 5.48. The van der Waals surface area contributed by atoms with Gasteiger partial charge in [0.1, 0.15) is 0 Å². The van der Waals surface area contributed by atoms with Crippen LogP contribution in [-0.2, 0) is 10.0 Å². The number of nitrogens with one attached hydrogen (secondary N) is 1. The Morgan fingerprint density at radius 1 is 1.10 bits per heavy atom. The predicted octanol–water partition coefficient (Wildman–Crippen LogP) is 4.55. The van der Waals surface area contributed by atoms with E-state index >= 15 is 0 Å². The van der Waals surface area contributed by atoms with Crippen molar-refractivity contribution in [1.29, 1.82) is 0 Å². The summed E-state index contributed by atoms with van der Waals surface area (Å²) in [6.07, 6.45) is 2.12. The van der Waals surface area contributed by atoms with Crippen LogP contribution in [0.5, 0.6) is 0 Å². The fraction of sp³-hybridized carbons (Fsp3) is 0.409. The second-order valence-corrected chi connectivity index (χ2v) is 9.72. The summed E-state index contributed by atoms with van der Waals surface area (Å²) in [5.74, 6) is -0.202. The van der Waals surface area contributed by atoms with Gasteiger partial charge in [-0.15, -0.1) is 0 Å². The predicted molar refractivity (Wildman–Crippen MR) is 115 cm³/mol. The third kappa shape index (κ3) is 4.90. The van der Waals surface area contributed by atoms with E-state index in [0.29, 0.717) is 11.8 Å². The number of aromatic carboxylic acids is 1. The topological polar surface area (TPSA) is 86.7 Å². The van der Waals surface area contributed by atoms with Crippen LogP contribution in [0.15, 0.2) is 47.4 Å². The number of anilines is 2. The second kappa shape index (κ2) is 8.45. The molecule has 1 aliphatic heterocycles. The van der Waals surface area contributed by atoms with Gasteiger partial charge >= 0.3 is 5.97 Å². The van der Waals surface area contributed by atoms with Gasteiger partial charge in [-0.2, -0.15) is 0 Å². The zero-order chi connectivity index (χ0) is 21.2. The summed E-state index contributed by atoms with van der Waals surface area (Å²) in [4.78, 5) is 14.0. The summed E-state index contributed by atoms with van der Waals surface area (Å²) in [7, 11) is -3.88. The Kier molecular flexibility index (Phi) is 6.17. The zero-order valence-electron chi connectivity index (χ0n) is 17.1.